The number of ether oxygens (including phenoxy) is 2. The molecule has 2 fully saturated rings. The summed E-state index contributed by atoms with van der Waals surface area (Å²) >= 11 is 0. The average Bonchev–Trinajstić information content (AvgIpc) is 3.02. The van der Waals surface area contributed by atoms with Crippen LogP contribution in [0.4, 0.5) is 0 Å². The Morgan fingerprint density at radius 2 is 1.84 bits per heavy atom. The van der Waals surface area contributed by atoms with Crippen molar-refractivity contribution in [3.8, 4) is 0 Å². The highest BCUT2D eigenvalue weighted by Crippen LogP contribution is 2.39. The molecule has 0 amide bonds. The third-order valence-electron chi connectivity index (χ3n) is 4.72. The summed E-state index contributed by atoms with van der Waals surface area (Å²) in [5.74, 6) is 0. The number of benzene rings is 1. The molecule has 1 saturated carbocycles. The summed E-state index contributed by atoms with van der Waals surface area (Å²) in [6, 6.07) is 8.85. The monoisotopic (exact) mass is 261 g/mol. The highest BCUT2D eigenvalue weighted by Gasteiger charge is 2.32. The molecule has 0 radical (unpaired) electrons. The fourth-order valence-corrected chi connectivity index (χ4v) is 3.42. The van der Waals surface area contributed by atoms with Gasteiger partial charge in [0.05, 0.1) is 6.61 Å². The maximum Gasteiger partial charge on any atom is 0.147 e. The zero-order valence-electron chi connectivity index (χ0n) is 11.4. The predicted molar refractivity (Wildman–Crippen MR) is 74.9 cm³/mol. The normalized spacial score (nSPS) is 26.5. The van der Waals surface area contributed by atoms with Crippen molar-refractivity contribution in [3.63, 3.8) is 0 Å². The fraction of sp³-hybridized carbons (Fsp3) is 0.625. The van der Waals surface area contributed by atoms with Gasteiger partial charge in [-0.3, -0.25) is 0 Å². The van der Waals surface area contributed by atoms with Gasteiger partial charge in [-0.1, -0.05) is 43.5 Å². The summed E-state index contributed by atoms with van der Waals surface area (Å²) in [5, 5.41) is 0. The number of hydrogen-bond acceptors (Lipinski definition) is 3. The zero-order chi connectivity index (χ0) is 13.1. The van der Waals surface area contributed by atoms with Gasteiger partial charge in [0.25, 0.3) is 0 Å². The number of rotatable bonds is 3. The summed E-state index contributed by atoms with van der Waals surface area (Å²) in [6.45, 7) is 1.84. The lowest BCUT2D eigenvalue weighted by Gasteiger charge is -2.37. The molecule has 0 aromatic heterocycles. The van der Waals surface area contributed by atoms with Crippen molar-refractivity contribution in [3.05, 3.63) is 35.4 Å². The minimum atomic E-state index is 0.106. The van der Waals surface area contributed by atoms with E-state index in [2.05, 4.69) is 24.3 Å². The van der Waals surface area contributed by atoms with Crippen molar-refractivity contribution < 1.29 is 9.47 Å². The van der Waals surface area contributed by atoms with Gasteiger partial charge >= 0.3 is 0 Å². The number of nitrogens with two attached hydrogens (primary N) is 1. The second-order valence-electron chi connectivity index (χ2n) is 5.81. The van der Waals surface area contributed by atoms with Gasteiger partial charge in [0.15, 0.2) is 0 Å². The molecule has 2 N–H and O–H groups in total. The lowest BCUT2D eigenvalue weighted by molar-refractivity contribution is 0.0466. The van der Waals surface area contributed by atoms with Crippen molar-refractivity contribution in [2.24, 2.45) is 5.73 Å². The van der Waals surface area contributed by atoms with Gasteiger partial charge in [0.2, 0.25) is 0 Å². The van der Waals surface area contributed by atoms with Gasteiger partial charge in [-0.05, 0) is 24.0 Å². The molecule has 2 aliphatic rings. The molecule has 3 nitrogen and oxygen atoms in total. The molecule has 3 heteroatoms. The van der Waals surface area contributed by atoms with Crippen molar-refractivity contribution in [1.82, 2.24) is 0 Å². The van der Waals surface area contributed by atoms with E-state index in [1.165, 1.54) is 43.2 Å². The second-order valence-corrected chi connectivity index (χ2v) is 5.81. The van der Waals surface area contributed by atoms with Crippen LogP contribution in [0.5, 0.6) is 0 Å². The molecule has 3 rings (SSSR count). The molecule has 1 saturated heterocycles. The minimum absolute atomic E-state index is 0.106. The lowest BCUT2D eigenvalue weighted by Crippen LogP contribution is -2.37. The Bertz CT molecular complexity index is 403. The molecule has 1 aliphatic carbocycles. The third-order valence-corrected chi connectivity index (χ3v) is 4.72. The average molecular weight is 261 g/mol. The first-order chi connectivity index (χ1) is 9.34. The number of hydrogen-bond donors (Lipinski definition) is 1. The Labute approximate surface area is 115 Å². The third kappa shape index (κ3) is 2.55. The quantitative estimate of drug-likeness (QED) is 0.910. The van der Waals surface area contributed by atoms with Gasteiger partial charge in [-0.15, -0.1) is 0 Å². The Balaban J connectivity index is 1.80. The topological polar surface area (TPSA) is 44.5 Å². The van der Waals surface area contributed by atoms with E-state index in [1.54, 1.807) is 0 Å². The van der Waals surface area contributed by atoms with Crippen LogP contribution >= 0.6 is 0 Å². The molecule has 1 aromatic carbocycles. The molecule has 1 unspecified atom stereocenters. The van der Waals surface area contributed by atoms with E-state index in [1.807, 2.05) is 0 Å². The van der Waals surface area contributed by atoms with Crippen molar-refractivity contribution in [2.75, 3.05) is 19.9 Å². The molecule has 1 atom stereocenters. The Kier molecular flexibility index (Phi) is 3.87. The summed E-state index contributed by atoms with van der Waals surface area (Å²) in [5.41, 5.74) is 8.91. The maximum atomic E-state index is 6.09. The molecule has 1 aromatic rings. The van der Waals surface area contributed by atoms with E-state index in [9.17, 15) is 0 Å². The Hall–Kier alpha value is -0.900. The van der Waals surface area contributed by atoms with Gasteiger partial charge in [0, 0.05) is 12.0 Å². The first kappa shape index (κ1) is 13.1. The molecular formula is C16H23NO2. The minimum Gasteiger partial charge on any atom is -0.352 e. The Morgan fingerprint density at radius 1 is 1.11 bits per heavy atom. The summed E-state index contributed by atoms with van der Waals surface area (Å²) in [4.78, 5) is 0. The van der Waals surface area contributed by atoms with Crippen molar-refractivity contribution in [2.45, 2.75) is 43.6 Å². The van der Waals surface area contributed by atoms with Crippen LogP contribution in [-0.4, -0.2) is 19.9 Å². The van der Waals surface area contributed by atoms with Crippen LogP contribution in [0.1, 0.15) is 49.3 Å². The predicted octanol–water partition coefficient (Wildman–Crippen LogP) is 2.89. The highest BCUT2D eigenvalue weighted by atomic mass is 16.7. The highest BCUT2D eigenvalue weighted by molar-refractivity contribution is 5.31. The van der Waals surface area contributed by atoms with Crippen LogP contribution in [0, 0.1) is 0 Å². The molecule has 1 heterocycles. The molecule has 104 valence electrons. The lowest BCUT2D eigenvalue weighted by atomic mass is 9.69. The van der Waals surface area contributed by atoms with Gasteiger partial charge in [-0.25, -0.2) is 0 Å². The van der Waals surface area contributed by atoms with Crippen LogP contribution in [0.3, 0.4) is 0 Å². The van der Waals surface area contributed by atoms with Crippen LogP contribution in [0.2, 0.25) is 0 Å². The van der Waals surface area contributed by atoms with E-state index in [4.69, 9.17) is 15.2 Å². The van der Waals surface area contributed by atoms with Gasteiger partial charge in [-0.2, -0.15) is 0 Å². The molecule has 0 bridgehead atoms. The Morgan fingerprint density at radius 3 is 2.42 bits per heavy atom. The van der Waals surface area contributed by atoms with E-state index in [-0.39, 0.29) is 11.5 Å². The van der Waals surface area contributed by atoms with E-state index >= 15 is 0 Å². The maximum absolute atomic E-state index is 6.09. The smallest absolute Gasteiger partial charge is 0.147 e. The largest absolute Gasteiger partial charge is 0.352 e. The molecule has 19 heavy (non-hydrogen) atoms. The molecular weight excluding hydrogens is 238 g/mol. The van der Waals surface area contributed by atoms with Crippen LogP contribution in [0.25, 0.3) is 0 Å². The molecule has 0 spiro atoms. The van der Waals surface area contributed by atoms with Gasteiger partial charge in [0.1, 0.15) is 12.9 Å². The zero-order valence-corrected chi connectivity index (χ0v) is 11.4. The SMILES string of the molecule is NCC1(c2ccc(C3COCO3)cc2)CCCCC1. The standard InChI is InChI=1S/C16H23NO2/c17-11-16(8-2-1-3-9-16)14-6-4-13(5-7-14)15-10-18-12-19-15/h4-7,15H,1-3,8-12,17H2. The van der Waals surface area contributed by atoms with Crippen LogP contribution in [-0.2, 0) is 14.9 Å². The van der Waals surface area contributed by atoms with Crippen LogP contribution in [0.15, 0.2) is 24.3 Å². The van der Waals surface area contributed by atoms with Crippen molar-refractivity contribution in [1.29, 1.82) is 0 Å². The van der Waals surface area contributed by atoms with E-state index in [0.29, 0.717) is 13.4 Å². The molecule has 1 aliphatic heterocycles. The first-order valence-electron chi connectivity index (χ1n) is 7.34. The fourth-order valence-electron chi connectivity index (χ4n) is 3.42. The van der Waals surface area contributed by atoms with Crippen LogP contribution < -0.4 is 5.73 Å². The first-order valence-corrected chi connectivity index (χ1v) is 7.34. The van der Waals surface area contributed by atoms with Crippen molar-refractivity contribution >= 4 is 0 Å². The van der Waals surface area contributed by atoms with E-state index in [0.717, 1.165) is 6.54 Å². The van der Waals surface area contributed by atoms with E-state index < -0.39 is 0 Å². The second kappa shape index (κ2) is 5.61. The summed E-state index contributed by atoms with van der Waals surface area (Å²) < 4.78 is 10.8. The summed E-state index contributed by atoms with van der Waals surface area (Å²) in [7, 11) is 0. The van der Waals surface area contributed by atoms with Gasteiger partial charge < -0.3 is 15.2 Å². The summed E-state index contributed by atoms with van der Waals surface area (Å²) in [6.07, 6.45) is 6.52.